The average molecular weight is 316 g/mol. The van der Waals surface area contributed by atoms with Crippen LogP contribution < -0.4 is 5.32 Å². The molecule has 0 unspecified atom stereocenters. The van der Waals surface area contributed by atoms with E-state index in [1.807, 2.05) is 12.1 Å². The van der Waals surface area contributed by atoms with E-state index >= 15 is 0 Å². The minimum absolute atomic E-state index is 0.158. The number of nitrogens with one attached hydrogen (secondary N) is 1. The third-order valence-corrected chi connectivity index (χ3v) is 4.46. The monoisotopic (exact) mass is 315 g/mol. The van der Waals surface area contributed by atoms with Crippen molar-refractivity contribution in [2.75, 3.05) is 6.54 Å². The number of amides is 1. The molecule has 1 fully saturated rings. The third-order valence-electron chi connectivity index (χ3n) is 2.87. The quantitative estimate of drug-likeness (QED) is 0.839. The maximum Gasteiger partial charge on any atom is 0.244 e. The topological polar surface area (TPSA) is 49.3 Å². The highest BCUT2D eigenvalue weighted by Crippen LogP contribution is 2.30. The molecule has 0 radical (unpaired) electrons. The molecule has 5 heteroatoms. The number of hydrogen-bond acceptors (Lipinski definition) is 3. The van der Waals surface area contributed by atoms with E-state index in [4.69, 9.17) is 0 Å². The lowest BCUT2D eigenvalue weighted by atomic mass is 9.80. The Labute approximate surface area is 113 Å². The first kappa shape index (κ1) is 12.8. The molecule has 1 heterocycles. The highest BCUT2D eigenvalue weighted by atomic mass is 79.9. The standard InChI is InChI=1S/C12H14BrNO2S/c13-10-4-2-9(17-10)3-5-11(15)14-8-12(16)6-1-7-12/h2-5,16H,1,6-8H2,(H,14,15)/b5-3+. The van der Waals surface area contributed by atoms with Crippen molar-refractivity contribution in [2.24, 2.45) is 0 Å². The highest BCUT2D eigenvalue weighted by molar-refractivity contribution is 9.11. The van der Waals surface area contributed by atoms with Crippen LogP contribution in [0.25, 0.3) is 6.08 Å². The Morgan fingerprint density at radius 2 is 2.35 bits per heavy atom. The van der Waals surface area contributed by atoms with Gasteiger partial charge in [-0.3, -0.25) is 4.79 Å². The summed E-state index contributed by atoms with van der Waals surface area (Å²) in [6, 6.07) is 3.89. The summed E-state index contributed by atoms with van der Waals surface area (Å²) in [4.78, 5) is 12.5. The molecular formula is C12H14BrNO2S. The van der Waals surface area contributed by atoms with Crippen LogP contribution in [-0.4, -0.2) is 23.2 Å². The predicted octanol–water partition coefficient (Wildman–Crippen LogP) is 2.56. The highest BCUT2D eigenvalue weighted by Gasteiger charge is 2.34. The zero-order valence-corrected chi connectivity index (χ0v) is 11.7. The average Bonchev–Trinajstić information content (AvgIpc) is 2.67. The maximum absolute atomic E-state index is 11.5. The van der Waals surface area contributed by atoms with Gasteiger partial charge in [0.15, 0.2) is 0 Å². The largest absolute Gasteiger partial charge is 0.388 e. The Hall–Kier alpha value is -0.650. The Kier molecular flexibility index (Phi) is 4.01. The van der Waals surface area contributed by atoms with Crippen LogP contribution in [0, 0.1) is 0 Å². The second kappa shape index (κ2) is 5.33. The molecule has 1 aliphatic carbocycles. The maximum atomic E-state index is 11.5. The summed E-state index contributed by atoms with van der Waals surface area (Å²) in [6.45, 7) is 0.351. The van der Waals surface area contributed by atoms with Crippen LogP contribution in [-0.2, 0) is 4.79 Å². The fourth-order valence-electron chi connectivity index (χ4n) is 1.65. The predicted molar refractivity (Wildman–Crippen MR) is 72.9 cm³/mol. The van der Waals surface area contributed by atoms with Crippen LogP contribution in [0.5, 0.6) is 0 Å². The van der Waals surface area contributed by atoms with Gasteiger partial charge in [-0.05, 0) is 53.4 Å². The number of rotatable bonds is 4. The van der Waals surface area contributed by atoms with Crippen molar-refractivity contribution < 1.29 is 9.90 Å². The van der Waals surface area contributed by atoms with Crippen LogP contribution in [0.1, 0.15) is 24.1 Å². The summed E-state index contributed by atoms with van der Waals surface area (Å²) < 4.78 is 1.04. The number of aliphatic hydroxyl groups is 1. The molecule has 2 rings (SSSR count). The summed E-state index contributed by atoms with van der Waals surface area (Å²) in [7, 11) is 0. The van der Waals surface area contributed by atoms with Gasteiger partial charge in [-0.1, -0.05) is 0 Å². The molecule has 1 aliphatic rings. The second-order valence-electron chi connectivity index (χ2n) is 4.27. The zero-order chi connectivity index (χ0) is 12.3. The van der Waals surface area contributed by atoms with E-state index in [0.717, 1.165) is 27.9 Å². The molecule has 0 atom stereocenters. The molecule has 3 nitrogen and oxygen atoms in total. The SMILES string of the molecule is O=C(/C=C/c1ccc(Br)s1)NCC1(O)CCC1. The van der Waals surface area contributed by atoms with Gasteiger partial charge in [0.1, 0.15) is 0 Å². The first-order valence-corrected chi connectivity index (χ1v) is 7.12. The summed E-state index contributed by atoms with van der Waals surface area (Å²) in [5, 5.41) is 12.5. The van der Waals surface area contributed by atoms with E-state index in [9.17, 15) is 9.90 Å². The molecule has 0 aliphatic heterocycles. The van der Waals surface area contributed by atoms with Crippen molar-refractivity contribution >= 4 is 39.2 Å². The summed E-state index contributed by atoms with van der Waals surface area (Å²) in [5.41, 5.74) is -0.657. The summed E-state index contributed by atoms with van der Waals surface area (Å²) >= 11 is 4.93. The van der Waals surface area contributed by atoms with Gasteiger partial charge in [-0.15, -0.1) is 11.3 Å². The fourth-order valence-corrected chi connectivity index (χ4v) is 2.97. The molecule has 0 saturated heterocycles. The molecule has 1 aromatic heterocycles. The van der Waals surface area contributed by atoms with Gasteiger partial charge in [0, 0.05) is 17.5 Å². The number of carbonyl (C=O) groups excluding carboxylic acids is 1. The van der Waals surface area contributed by atoms with E-state index in [0.29, 0.717) is 6.54 Å². The Morgan fingerprint density at radius 3 is 2.88 bits per heavy atom. The lowest BCUT2D eigenvalue weighted by Crippen LogP contribution is -2.47. The van der Waals surface area contributed by atoms with E-state index in [1.54, 1.807) is 17.4 Å². The molecule has 0 aromatic carbocycles. The van der Waals surface area contributed by atoms with Crippen molar-refractivity contribution in [1.29, 1.82) is 0 Å². The van der Waals surface area contributed by atoms with Gasteiger partial charge < -0.3 is 10.4 Å². The van der Waals surface area contributed by atoms with Gasteiger partial charge in [0.05, 0.1) is 9.39 Å². The molecule has 1 saturated carbocycles. The first-order chi connectivity index (χ1) is 8.07. The van der Waals surface area contributed by atoms with Crippen LogP contribution in [0.2, 0.25) is 0 Å². The van der Waals surface area contributed by atoms with Crippen LogP contribution in [0.15, 0.2) is 22.0 Å². The molecule has 1 aromatic rings. The third kappa shape index (κ3) is 3.66. The smallest absolute Gasteiger partial charge is 0.244 e. The van der Waals surface area contributed by atoms with Crippen molar-refractivity contribution in [3.8, 4) is 0 Å². The summed E-state index contributed by atoms with van der Waals surface area (Å²) in [5.74, 6) is -0.158. The minimum Gasteiger partial charge on any atom is -0.388 e. The van der Waals surface area contributed by atoms with Crippen molar-refractivity contribution in [1.82, 2.24) is 5.32 Å². The van der Waals surface area contributed by atoms with Crippen molar-refractivity contribution in [3.05, 3.63) is 26.9 Å². The number of carbonyl (C=O) groups is 1. The van der Waals surface area contributed by atoms with E-state index in [1.165, 1.54) is 6.08 Å². The lowest BCUT2D eigenvalue weighted by molar-refractivity contribution is -0.118. The normalized spacial score (nSPS) is 18.0. The Bertz CT molecular complexity index is 437. The summed E-state index contributed by atoms with van der Waals surface area (Å²) in [6.07, 6.45) is 5.89. The van der Waals surface area contributed by atoms with E-state index in [-0.39, 0.29) is 5.91 Å². The van der Waals surface area contributed by atoms with E-state index in [2.05, 4.69) is 21.2 Å². The van der Waals surface area contributed by atoms with Gasteiger partial charge in [0.25, 0.3) is 0 Å². The molecule has 2 N–H and O–H groups in total. The number of halogens is 1. The van der Waals surface area contributed by atoms with Gasteiger partial charge >= 0.3 is 0 Å². The van der Waals surface area contributed by atoms with Crippen molar-refractivity contribution in [2.45, 2.75) is 24.9 Å². The van der Waals surface area contributed by atoms with Crippen molar-refractivity contribution in [3.63, 3.8) is 0 Å². The van der Waals surface area contributed by atoms with E-state index < -0.39 is 5.60 Å². The zero-order valence-electron chi connectivity index (χ0n) is 9.28. The fraction of sp³-hybridized carbons (Fsp3) is 0.417. The molecule has 1 amide bonds. The second-order valence-corrected chi connectivity index (χ2v) is 6.77. The Balaban J connectivity index is 1.79. The first-order valence-electron chi connectivity index (χ1n) is 5.51. The lowest BCUT2D eigenvalue weighted by Gasteiger charge is -2.36. The van der Waals surface area contributed by atoms with Crippen LogP contribution in [0.3, 0.4) is 0 Å². The number of thiophene rings is 1. The molecule has 17 heavy (non-hydrogen) atoms. The van der Waals surface area contributed by atoms with Gasteiger partial charge in [-0.25, -0.2) is 0 Å². The Morgan fingerprint density at radius 1 is 1.59 bits per heavy atom. The van der Waals surface area contributed by atoms with Crippen LogP contribution in [0.4, 0.5) is 0 Å². The molecule has 0 spiro atoms. The van der Waals surface area contributed by atoms with Gasteiger partial charge in [0.2, 0.25) is 5.91 Å². The number of hydrogen-bond donors (Lipinski definition) is 2. The minimum atomic E-state index is -0.657. The molecule has 0 bridgehead atoms. The molecule has 92 valence electrons. The van der Waals surface area contributed by atoms with Crippen LogP contribution >= 0.6 is 27.3 Å². The van der Waals surface area contributed by atoms with Gasteiger partial charge in [-0.2, -0.15) is 0 Å². The molecular weight excluding hydrogens is 302 g/mol.